The summed E-state index contributed by atoms with van der Waals surface area (Å²) in [7, 11) is 1.99. The molecular formula is C16H21Cl3N2O. The Morgan fingerprint density at radius 1 is 1.23 bits per heavy atom. The zero-order valence-corrected chi connectivity index (χ0v) is 14.8. The average Bonchev–Trinajstić information content (AvgIpc) is 3.30. The van der Waals surface area contributed by atoms with Crippen molar-refractivity contribution >= 4 is 41.5 Å². The maximum Gasteiger partial charge on any atom is 0.226 e. The van der Waals surface area contributed by atoms with E-state index in [4.69, 9.17) is 23.2 Å². The summed E-state index contributed by atoms with van der Waals surface area (Å²) >= 11 is 12.0. The maximum atomic E-state index is 12.5. The third-order valence-electron chi connectivity index (χ3n) is 4.69. The number of carbonyl (C=O) groups is 1. The van der Waals surface area contributed by atoms with Crippen molar-refractivity contribution in [3.63, 3.8) is 0 Å². The van der Waals surface area contributed by atoms with Crippen molar-refractivity contribution in [3.8, 4) is 0 Å². The summed E-state index contributed by atoms with van der Waals surface area (Å²) in [6, 6.07) is 6.26. The van der Waals surface area contributed by atoms with Crippen molar-refractivity contribution in [1.82, 2.24) is 10.2 Å². The van der Waals surface area contributed by atoms with Gasteiger partial charge < -0.3 is 10.2 Å². The first-order valence-corrected chi connectivity index (χ1v) is 8.26. The SMILES string of the molecule is CNC1CCN(C(=O)C2CC2c2ccc(Cl)c(Cl)c2)CC1.Cl. The minimum absolute atomic E-state index is 0. The summed E-state index contributed by atoms with van der Waals surface area (Å²) < 4.78 is 0. The second-order valence-electron chi connectivity index (χ2n) is 6.01. The van der Waals surface area contributed by atoms with Gasteiger partial charge in [-0.1, -0.05) is 29.3 Å². The first kappa shape index (κ1) is 17.9. The highest BCUT2D eigenvalue weighted by atomic mass is 35.5. The van der Waals surface area contributed by atoms with Crippen molar-refractivity contribution < 1.29 is 4.79 Å². The Kier molecular flexibility index (Phi) is 6.00. The summed E-state index contributed by atoms with van der Waals surface area (Å²) in [6.45, 7) is 1.74. The second kappa shape index (κ2) is 7.39. The number of rotatable bonds is 3. The van der Waals surface area contributed by atoms with Crippen molar-refractivity contribution in [2.24, 2.45) is 5.92 Å². The van der Waals surface area contributed by atoms with Gasteiger partial charge in [-0.15, -0.1) is 12.4 Å². The van der Waals surface area contributed by atoms with Gasteiger partial charge in [-0.2, -0.15) is 0 Å². The van der Waals surface area contributed by atoms with Crippen LogP contribution in [0.1, 0.15) is 30.7 Å². The van der Waals surface area contributed by atoms with Crippen molar-refractivity contribution in [2.75, 3.05) is 20.1 Å². The van der Waals surface area contributed by atoms with E-state index in [0.29, 0.717) is 27.9 Å². The lowest BCUT2D eigenvalue weighted by Crippen LogP contribution is -2.44. The van der Waals surface area contributed by atoms with E-state index < -0.39 is 0 Å². The lowest BCUT2D eigenvalue weighted by atomic mass is 10.0. The van der Waals surface area contributed by atoms with Crippen LogP contribution in [0.15, 0.2) is 18.2 Å². The molecule has 3 nitrogen and oxygen atoms in total. The Morgan fingerprint density at radius 2 is 1.91 bits per heavy atom. The van der Waals surface area contributed by atoms with Crippen LogP contribution in [0.25, 0.3) is 0 Å². The number of nitrogens with zero attached hydrogens (tertiary/aromatic N) is 1. The van der Waals surface area contributed by atoms with Crippen LogP contribution in [-0.4, -0.2) is 37.0 Å². The zero-order valence-electron chi connectivity index (χ0n) is 12.5. The molecule has 3 rings (SSSR count). The highest BCUT2D eigenvalue weighted by Crippen LogP contribution is 2.49. The molecule has 1 saturated heterocycles. The molecule has 1 aliphatic heterocycles. The lowest BCUT2D eigenvalue weighted by Gasteiger charge is -2.32. The molecule has 1 amide bonds. The number of amides is 1. The number of halogens is 3. The summed E-state index contributed by atoms with van der Waals surface area (Å²) in [4.78, 5) is 14.6. The van der Waals surface area contributed by atoms with Crippen LogP contribution in [-0.2, 0) is 4.79 Å². The summed E-state index contributed by atoms with van der Waals surface area (Å²) in [5.74, 6) is 0.753. The van der Waals surface area contributed by atoms with Gasteiger partial charge in [-0.3, -0.25) is 4.79 Å². The summed E-state index contributed by atoms with van der Waals surface area (Å²) in [6.07, 6.45) is 3.03. The number of hydrogen-bond acceptors (Lipinski definition) is 2. The van der Waals surface area contributed by atoms with Gasteiger partial charge in [0.25, 0.3) is 0 Å². The quantitative estimate of drug-likeness (QED) is 0.887. The van der Waals surface area contributed by atoms with E-state index in [-0.39, 0.29) is 18.3 Å². The fraction of sp³-hybridized carbons (Fsp3) is 0.562. The number of likely N-dealkylation sites (tertiary alicyclic amines) is 1. The first-order valence-electron chi connectivity index (χ1n) is 7.51. The molecule has 0 spiro atoms. The van der Waals surface area contributed by atoms with Gasteiger partial charge in [-0.05, 0) is 49.9 Å². The molecule has 0 aromatic heterocycles. The predicted octanol–water partition coefficient (Wildman–Crippen LogP) is 3.73. The molecule has 1 saturated carbocycles. The molecular weight excluding hydrogens is 343 g/mol. The van der Waals surface area contributed by atoms with Crippen LogP contribution >= 0.6 is 35.6 Å². The molecule has 1 heterocycles. The van der Waals surface area contributed by atoms with E-state index >= 15 is 0 Å². The lowest BCUT2D eigenvalue weighted by molar-refractivity contribution is -0.133. The van der Waals surface area contributed by atoms with Gasteiger partial charge in [0.1, 0.15) is 0 Å². The molecule has 2 unspecified atom stereocenters. The molecule has 0 radical (unpaired) electrons. The van der Waals surface area contributed by atoms with E-state index in [2.05, 4.69) is 5.32 Å². The Bertz CT molecular complexity index is 544. The third-order valence-corrected chi connectivity index (χ3v) is 5.43. The molecule has 0 bridgehead atoms. The second-order valence-corrected chi connectivity index (χ2v) is 6.82. The van der Waals surface area contributed by atoms with Crippen molar-refractivity contribution in [2.45, 2.75) is 31.2 Å². The first-order chi connectivity index (χ1) is 10.1. The molecule has 2 atom stereocenters. The molecule has 1 aromatic rings. The molecule has 1 aliphatic carbocycles. The smallest absolute Gasteiger partial charge is 0.226 e. The van der Waals surface area contributed by atoms with Crippen molar-refractivity contribution in [3.05, 3.63) is 33.8 Å². The molecule has 6 heteroatoms. The number of benzene rings is 1. The van der Waals surface area contributed by atoms with Crippen LogP contribution in [0.3, 0.4) is 0 Å². The largest absolute Gasteiger partial charge is 0.342 e. The molecule has 1 N–H and O–H groups in total. The third kappa shape index (κ3) is 3.70. The number of nitrogens with one attached hydrogen (secondary N) is 1. The van der Waals surface area contributed by atoms with Crippen molar-refractivity contribution in [1.29, 1.82) is 0 Å². The van der Waals surface area contributed by atoms with Gasteiger partial charge in [0.05, 0.1) is 10.0 Å². The number of piperidine rings is 1. The van der Waals surface area contributed by atoms with Crippen LogP contribution in [0.5, 0.6) is 0 Å². The fourth-order valence-corrected chi connectivity index (χ4v) is 3.51. The fourth-order valence-electron chi connectivity index (χ4n) is 3.20. The van der Waals surface area contributed by atoms with E-state index in [1.807, 2.05) is 30.1 Å². The van der Waals surface area contributed by atoms with Crippen LogP contribution in [0.4, 0.5) is 0 Å². The van der Waals surface area contributed by atoms with E-state index in [9.17, 15) is 4.79 Å². The molecule has 22 heavy (non-hydrogen) atoms. The van der Waals surface area contributed by atoms with E-state index in [1.165, 1.54) is 0 Å². The van der Waals surface area contributed by atoms with Crippen LogP contribution in [0.2, 0.25) is 10.0 Å². The Labute approximate surface area is 147 Å². The number of carbonyl (C=O) groups excluding carboxylic acids is 1. The van der Waals surface area contributed by atoms with Crippen LogP contribution in [0, 0.1) is 5.92 Å². The van der Waals surface area contributed by atoms with Gasteiger partial charge >= 0.3 is 0 Å². The van der Waals surface area contributed by atoms with E-state index in [0.717, 1.165) is 37.9 Å². The topological polar surface area (TPSA) is 32.3 Å². The standard InChI is InChI=1S/C16H20Cl2N2O.ClH/c1-19-11-4-6-20(7-5-11)16(21)13-9-12(13)10-2-3-14(17)15(18)8-10;/h2-3,8,11-13,19H,4-7,9H2,1H3;1H. The summed E-state index contributed by atoms with van der Waals surface area (Å²) in [5, 5.41) is 4.43. The van der Waals surface area contributed by atoms with Crippen LogP contribution < -0.4 is 5.32 Å². The zero-order chi connectivity index (χ0) is 15.0. The monoisotopic (exact) mass is 362 g/mol. The Morgan fingerprint density at radius 3 is 2.50 bits per heavy atom. The van der Waals surface area contributed by atoms with E-state index in [1.54, 1.807) is 0 Å². The Hall–Kier alpha value is -0.480. The van der Waals surface area contributed by atoms with Gasteiger partial charge in [-0.25, -0.2) is 0 Å². The maximum absolute atomic E-state index is 12.5. The average molecular weight is 364 g/mol. The highest BCUT2D eigenvalue weighted by molar-refractivity contribution is 6.42. The van der Waals surface area contributed by atoms with Gasteiger partial charge in [0.2, 0.25) is 5.91 Å². The minimum Gasteiger partial charge on any atom is -0.342 e. The normalized spacial score (nSPS) is 24.8. The molecule has 2 fully saturated rings. The molecule has 122 valence electrons. The highest BCUT2D eigenvalue weighted by Gasteiger charge is 2.46. The van der Waals surface area contributed by atoms with Gasteiger partial charge in [0.15, 0.2) is 0 Å². The molecule has 1 aromatic carbocycles. The number of hydrogen-bond donors (Lipinski definition) is 1. The summed E-state index contributed by atoms with van der Waals surface area (Å²) in [5.41, 5.74) is 1.13. The van der Waals surface area contributed by atoms with Gasteiger partial charge in [0, 0.05) is 25.0 Å². The molecule has 2 aliphatic rings. The Balaban J connectivity index is 0.00000176. The predicted molar refractivity (Wildman–Crippen MR) is 93.2 cm³/mol. The minimum atomic E-state index is 0.